The summed E-state index contributed by atoms with van der Waals surface area (Å²) in [5.74, 6) is 1.10. The second-order valence-corrected chi connectivity index (χ2v) is 7.84. The zero-order chi connectivity index (χ0) is 12.6. The van der Waals surface area contributed by atoms with Gasteiger partial charge < -0.3 is 4.74 Å². The summed E-state index contributed by atoms with van der Waals surface area (Å²) in [7, 11) is 0. The lowest BCUT2D eigenvalue weighted by atomic mass is 9.88. The Morgan fingerprint density at radius 3 is 2.71 bits per heavy atom. The van der Waals surface area contributed by atoms with Crippen LogP contribution in [0.2, 0.25) is 0 Å². The molecule has 1 heterocycles. The molecule has 1 aromatic carbocycles. The highest BCUT2D eigenvalue weighted by Gasteiger charge is 2.25. The quantitative estimate of drug-likeness (QED) is 0.653. The van der Waals surface area contributed by atoms with E-state index in [4.69, 9.17) is 4.74 Å². The predicted octanol–water partition coefficient (Wildman–Crippen LogP) is 5.26. The Morgan fingerprint density at radius 2 is 2.06 bits per heavy atom. The van der Waals surface area contributed by atoms with E-state index in [0.29, 0.717) is 10.2 Å². The highest BCUT2D eigenvalue weighted by Crippen LogP contribution is 2.43. The van der Waals surface area contributed by atoms with Crippen molar-refractivity contribution >= 4 is 31.9 Å². The zero-order valence-electron chi connectivity index (χ0n) is 10.5. The minimum atomic E-state index is 0.308. The summed E-state index contributed by atoms with van der Waals surface area (Å²) in [4.78, 5) is 0.354. The van der Waals surface area contributed by atoms with E-state index in [0.717, 1.165) is 29.7 Å². The van der Waals surface area contributed by atoms with E-state index < -0.39 is 0 Å². The van der Waals surface area contributed by atoms with Crippen LogP contribution in [0.5, 0.6) is 5.75 Å². The number of alkyl halides is 1. The number of hydrogen-bond donors (Lipinski definition) is 0. The van der Waals surface area contributed by atoms with Gasteiger partial charge in [0.2, 0.25) is 0 Å². The molecule has 0 saturated carbocycles. The van der Waals surface area contributed by atoms with E-state index >= 15 is 0 Å². The Morgan fingerprint density at radius 1 is 1.35 bits per heavy atom. The van der Waals surface area contributed by atoms with Crippen molar-refractivity contribution in [3.05, 3.63) is 27.7 Å². The molecular formula is C14H18Br2O. The van der Waals surface area contributed by atoms with Crippen LogP contribution in [0.3, 0.4) is 0 Å². The topological polar surface area (TPSA) is 9.23 Å². The molecule has 0 spiro atoms. The van der Waals surface area contributed by atoms with Gasteiger partial charge in [-0.3, -0.25) is 0 Å². The molecule has 1 atom stereocenters. The van der Waals surface area contributed by atoms with E-state index in [1.807, 2.05) is 0 Å². The minimum absolute atomic E-state index is 0.308. The third-order valence-electron chi connectivity index (χ3n) is 2.91. The van der Waals surface area contributed by atoms with Crippen molar-refractivity contribution in [3.8, 4) is 5.75 Å². The number of fused-ring (bicyclic) bond motifs is 1. The molecule has 2 rings (SSSR count). The minimum Gasteiger partial charge on any atom is -0.493 e. The first kappa shape index (κ1) is 13.4. The molecule has 0 saturated heterocycles. The monoisotopic (exact) mass is 360 g/mol. The van der Waals surface area contributed by atoms with Gasteiger partial charge in [0.1, 0.15) is 5.75 Å². The summed E-state index contributed by atoms with van der Waals surface area (Å²) in [6, 6.07) is 4.35. The van der Waals surface area contributed by atoms with Crippen molar-refractivity contribution in [1.82, 2.24) is 0 Å². The second-order valence-electron chi connectivity index (χ2n) is 5.81. The Kier molecular flexibility index (Phi) is 3.89. The van der Waals surface area contributed by atoms with Crippen molar-refractivity contribution in [2.45, 2.75) is 38.4 Å². The third-order valence-corrected chi connectivity index (χ3v) is 4.18. The van der Waals surface area contributed by atoms with Crippen molar-refractivity contribution in [1.29, 1.82) is 0 Å². The van der Waals surface area contributed by atoms with Crippen LogP contribution in [0.15, 0.2) is 16.6 Å². The molecule has 1 aliphatic heterocycles. The lowest BCUT2D eigenvalue weighted by Crippen LogP contribution is -2.09. The fraction of sp³-hybridized carbons (Fsp3) is 0.571. The SMILES string of the molecule is CC(C)(C)CC(Br)c1cc(Br)cc2c1OCC2. The molecule has 0 fully saturated rings. The summed E-state index contributed by atoms with van der Waals surface area (Å²) in [6.45, 7) is 7.61. The highest BCUT2D eigenvalue weighted by atomic mass is 79.9. The standard InChI is InChI=1S/C14H18Br2O/c1-14(2,3)8-12(16)11-7-10(15)6-9-4-5-17-13(9)11/h6-7,12H,4-5,8H2,1-3H3. The maximum atomic E-state index is 5.77. The van der Waals surface area contributed by atoms with E-state index in [-0.39, 0.29) is 0 Å². The van der Waals surface area contributed by atoms with E-state index in [1.54, 1.807) is 0 Å². The van der Waals surface area contributed by atoms with Gasteiger partial charge in [-0.1, -0.05) is 52.6 Å². The van der Waals surface area contributed by atoms with Gasteiger partial charge in [-0.15, -0.1) is 0 Å². The number of rotatable bonds is 2. The van der Waals surface area contributed by atoms with Gasteiger partial charge in [0, 0.05) is 21.3 Å². The molecule has 0 bridgehead atoms. The summed E-state index contributed by atoms with van der Waals surface area (Å²) in [5.41, 5.74) is 2.91. The van der Waals surface area contributed by atoms with Crippen LogP contribution < -0.4 is 4.74 Å². The fourth-order valence-corrected chi connectivity index (χ4v) is 4.01. The molecule has 0 radical (unpaired) electrons. The molecule has 1 aliphatic rings. The highest BCUT2D eigenvalue weighted by molar-refractivity contribution is 9.10. The molecule has 0 aromatic heterocycles. The summed E-state index contributed by atoms with van der Waals surface area (Å²) in [5, 5.41) is 0. The summed E-state index contributed by atoms with van der Waals surface area (Å²) >= 11 is 7.40. The molecule has 1 nitrogen and oxygen atoms in total. The molecule has 17 heavy (non-hydrogen) atoms. The van der Waals surface area contributed by atoms with Crippen LogP contribution in [-0.4, -0.2) is 6.61 Å². The molecule has 3 heteroatoms. The summed E-state index contributed by atoms with van der Waals surface area (Å²) in [6.07, 6.45) is 2.12. The first-order chi connectivity index (χ1) is 7.87. The predicted molar refractivity (Wildman–Crippen MR) is 79.1 cm³/mol. The van der Waals surface area contributed by atoms with Crippen LogP contribution in [0, 0.1) is 5.41 Å². The van der Waals surface area contributed by atoms with Crippen molar-refractivity contribution < 1.29 is 4.74 Å². The average molecular weight is 362 g/mol. The van der Waals surface area contributed by atoms with Crippen LogP contribution >= 0.6 is 31.9 Å². The first-order valence-corrected chi connectivity index (χ1v) is 7.67. The Bertz CT molecular complexity index is 421. The Labute approximate surface area is 120 Å². The largest absolute Gasteiger partial charge is 0.493 e. The van der Waals surface area contributed by atoms with Gasteiger partial charge >= 0.3 is 0 Å². The molecule has 1 aromatic rings. The maximum Gasteiger partial charge on any atom is 0.127 e. The normalized spacial score (nSPS) is 16.5. The number of hydrogen-bond acceptors (Lipinski definition) is 1. The molecule has 1 unspecified atom stereocenters. The number of ether oxygens (including phenoxy) is 1. The summed E-state index contributed by atoms with van der Waals surface area (Å²) < 4.78 is 6.92. The van der Waals surface area contributed by atoms with E-state index in [9.17, 15) is 0 Å². The van der Waals surface area contributed by atoms with Crippen molar-refractivity contribution in [2.24, 2.45) is 5.41 Å². The van der Waals surface area contributed by atoms with Crippen molar-refractivity contribution in [2.75, 3.05) is 6.61 Å². The van der Waals surface area contributed by atoms with Gasteiger partial charge in [0.15, 0.2) is 0 Å². The average Bonchev–Trinajstić information content (AvgIpc) is 2.60. The lowest BCUT2D eigenvalue weighted by molar-refractivity contribution is 0.345. The lowest BCUT2D eigenvalue weighted by Gasteiger charge is -2.23. The van der Waals surface area contributed by atoms with Gasteiger partial charge in [0.25, 0.3) is 0 Å². The van der Waals surface area contributed by atoms with Gasteiger partial charge in [0.05, 0.1) is 6.61 Å². The van der Waals surface area contributed by atoms with E-state index in [2.05, 4.69) is 64.8 Å². The van der Waals surface area contributed by atoms with Crippen LogP contribution in [-0.2, 0) is 6.42 Å². The Hall–Kier alpha value is -0.0200. The molecule has 0 N–H and O–H groups in total. The molecule has 94 valence electrons. The second kappa shape index (κ2) is 4.93. The number of benzene rings is 1. The molecule has 0 aliphatic carbocycles. The van der Waals surface area contributed by atoms with Gasteiger partial charge in [-0.25, -0.2) is 0 Å². The third kappa shape index (κ3) is 3.25. The number of halogens is 2. The smallest absolute Gasteiger partial charge is 0.127 e. The van der Waals surface area contributed by atoms with Crippen LogP contribution in [0.1, 0.15) is 43.1 Å². The molecule has 0 amide bonds. The maximum absolute atomic E-state index is 5.77. The fourth-order valence-electron chi connectivity index (χ4n) is 2.18. The Balaban J connectivity index is 2.32. The van der Waals surface area contributed by atoms with Crippen LogP contribution in [0.25, 0.3) is 0 Å². The van der Waals surface area contributed by atoms with Crippen molar-refractivity contribution in [3.63, 3.8) is 0 Å². The first-order valence-electron chi connectivity index (χ1n) is 5.96. The molecular weight excluding hydrogens is 344 g/mol. The van der Waals surface area contributed by atoms with Gasteiger partial charge in [-0.2, -0.15) is 0 Å². The van der Waals surface area contributed by atoms with E-state index in [1.165, 1.54) is 11.1 Å². The van der Waals surface area contributed by atoms with Gasteiger partial charge in [-0.05, 0) is 29.5 Å². The zero-order valence-corrected chi connectivity index (χ0v) is 13.7. The van der Waals surface area contributed by atoms with Crippen LogP contribution in [0.4, 0.5) is 0 Å².